The summed E-state index contributed by atoms with van der Waals surface area (Å²) >= 11 is 0. The number of fused-ring (bicyclic) bond motifs is 1. The largest absolute Gasteiger partial charge is 0.418 e. The number of amides is 1. The highest BCUT2D eigenvalue weighted by atomic mass is 19.4. The number of ketones is 1. The SMILES string of the molecule is CC(=O)CN(CCCC1CCC(O)CC1)C(=O)c1nc2cc(C3CC3)cc(C(F)(F)F)c2n1C. The van der Waals surface area contributed by atoms with E-state index in [1.54, 1.807) is 6.07 Å². The maximum absolute atomic E-state index is 13.9. The Morgan fingerprint density at radius 3 is 2.41 bits per heavy atom. The van der Waals surface area contributed by atoms with Gasteiger partial charge in [-0.2, -0.15) is 13.2 Å². The number of carbonyl (C=O) groups excluding carboxylic acids is 2. The second-order valence-electron chi connectivity index (χ2n) is 9.95. The van der Waals surface area contributed by atoms with Crippen LogP contribution in [0, 0.1) is 5.92 Å². The molecule has 0 saturated heterocycles. The summed E-state index contributed by atoms with van der Waals surface area (Å²) in [6, 6.07) is 2.84. The van der Waals surface area contributed by atoms with E-state index >= 15 is 0 Å². The summed E-state index contributed by atoms with van der Waals surface area (Å²) in [5, 5.41) is 9.68. The van der Waals surface area contributed by atoms with Crippen molar-refractivity contribution in [3.8, 4) is 0 Å². The van der Waals surface area contributed by atoms with E-state index in [-0.39, 0.29) is 41.2 Å². The number of Topliss-reactive ketones (excluding diaryl/α,β-unsaturated/α-hetero) is 1. The Morgan fingerprint density at radius 1 is 1.15 bits per heavy atom. The Balaban J connectivity index is 1.58. The molecule has 1 amide bonds. The number of halogens is 3. The van der Waals surface area contributed by atoms with E-state index in [2.05, 4.69) is 4.98 Å². The number of aliphatic hydroxyl groups is 1. The second kappa shape index (κ2) is 9.68. The fourth-order valence-corrected chi connectivity index (χ4v) is 5.10. The molecule has 2 aliphatic rings. The minimum atomic E-state index is -4.57. The predicted molar refractivity (Wildman–Crippen MR) is 121 cm³/mol. The molecule has 2 saturated carbocycles. The van der Waals surface area contributed by atoms with Gasteiger partial charge in [-0.25, -0.2) is 4.98 Å². The smallest absolute Gasteiger partial charge is 0.393 e. The molecule has 0 spiro atoms. The fraction of sp³-hybridized carbons (Fsp3) is 0.640. The number of alkyl halides is 3. The van der Waals surface area contributed by atoms with Crippen molar-refractivity contribution in [2.75, 3.05) is 13.1 Å². The molecule has 0 bridgehead atoms. The van der Waals surface area contributed by atoms with Gasteiger partial charge in [0.15, 0.2) is 5.82 Å². The van der Waals surface area contributed by atoms with Crippen LogP contribution < -0.4 is 0 Å². The van der Waals surface area contributed by atoms with Gasteiger partial charge < -0.3 is 14.6 Å². The maximum Gasteiger partial charge on any atom is 0.418 e. The Kier molecular flexibility index (Phi) is 7.03. The zero-order valence-corrected chi connectivity index (χ0v) is 19.7. The van der Waals surface area contributed by atoms with Crippen LogP contribution in [0.5, 0.6) is 0 Å². The molecule has 4 rings (SSSR count). The van der Waals surface area contributed by atoms with Gasteiger partial charge in [0.1, 0.15) is 5.78 Å². The summed E-state index contributed by atoms with van der Waals surface area (Å²) in [6.07, 6.45) is 1.92. The molecule has 0 atom stereocenters. The van der Waals surface area contributed by atoms with Gasteiger partial charge in [-0.1, -0.05) is 0 Å². The number of hydrogen-bond acceptors (Lipinski definition) is 4. The van der Waals surface area contributed by atoms with Crippen LogP contribution in [-0.4, -0.2) is 50.4 Å². The highest BCUT2D eigenvalue weighted by Crippen LogP contribution is 2.44. The van der Waals surface area contributed by atoms with Crippen LogP contribution in [0.25, 0.3) is 11.0 Å². The van der Waals surface area contributed by atoms with Crippen molar-refractivity contribution in [2.45, 2.75) is 76.5 Å². The number of imidazole rings is 1. The lowest BCUT2D eigenvalue weighted by molar-refractivity contribution is -0.136. The van der Waals surface area contributed by atoms with Gasteiger partial charge in [0.2, 0.25) is 0 Å². The van der Waals surface area contributed by atoms with Crippen LogP contribution in [-0.2, 0) is 18.0 Å². The minimum absolute atomic E-state index is 0.0875. The Morgan fingerprint density at radius 2 is 1.82 bits per heavy atom. The number of aryl methyl sites for hydroxylation is 1. The summed E-state index contributed by atoms with van der Waals surface area (Å²) in [4.78, 5) is 30.9. The van der Waals surface area contributed by atoms with Crippen molar-refractivity contribution < 1.29 is 27.9 Å². The van der Waals surface area contributed by atoms with Crippen molar-refractivity contribution >= 4 is 22.7 Å². The van der Waals surface area contributed by atoms with Gasteiger partial charge in [-0.3, -0.25) is 9.59 Å². The van der Waals surface area contributed by atoms with Crippen molar-refractivity contribution in [1.82, 2.24) is 14.5 Å². The van der Waals surface area contributed by atoms with Gasteiger partial charge in [0.05, 0.1) is 29.2 Å². The van der Waals surface area contributed by atoms with E-state index < -0.39 is 17.6 Å². The summed E-state index contributed by atoms with van der Waals surface area (Å²) in [5.74, 6) is -0.227. The van der Waals surface area contributed by atoms with Gasteiger partial charge in [0, 0.05) is 13.6 Å². The van der Waals surface area contributed by atoms with Crippen molar-refractivity contribution in [2.24, 2.45) is 13.0 Å². The van der Waals surface area contributed by atoms with Crippen LogP contribution >= 0.6 is 0 Å². The van der Waals surface area contributed by atoms with Crippen LogP contribution in [0.3, 0.4) is 0 Å². The first-order chi connectivity index (χ1) is 16.0. The summed E-state index contributed by atoms with van der Waals surface area (Å²) in [5.41, 5.74) is -0.122. The topological polar surface area (TPSA) is 75.4 Å². The lowest BCUT2D eigenvalue weighted by Gasteiger charge is -2.27. The third kappa shape index (κ3) is 5.45. The molecule has 2 fully saturated rings. The Labute approximate surface area is 197 Å². The third-order valence-corrected chi connectivity index (χ3v) is 7.09. The molecule has 1 N–H and O–H groups in total. The molecule has 1 aromatic heterocycles. The molecule has 0 aliphatic heterocycles. The second-order valence-corrected chi connectivity index (χ2v) is 9.95. The number of rotatable bonds is 8. The number of nitrogens with zero attached hydrogens (tertiary/aromatic N) is 3. The highest BCUT2D eigenvalue weighted by Gasteiger charge is 2.37. The molecule has 1 aromatic carbocycles. The van der Waals surface area contributed by atoms with Crippen LogP contribution in [0.15, 0.2) is 12.1 Å². The zero-order chi connectivity index (χ0) is 24.6. The first-order valence-electron chi connectivity index (χ1n) is 12.1. The van der Waals surface area contributed by atoms with E-state index in [0.717, 1.165) is 44.9 Å². The molecule has 0 unspecified atom stereocenters. The lowest BCUT2D eigenvalue weighted by Crippen LogP contribution is -2.37. The van der Waals surface area contributed by atoms with Crippen LogP contribution in [0.2, 0.25) is 0 Å². The number of hydrogen-bond donors (Lipinski definition) is 1. The average Bonchev–Trinajstić information content (AvgIpc) is 3.56. The maximum atomic E-state index is 13.9. The minimum Gasteiger partial charge on any atom is -0.393 e. The van der Waals surface area contributed by atoms with E-state index in [1.807, 2.05) is 0 Å². The summed E-state index contributed by atoms with van der Waals surface area (Å²) in [7, 11) is 1.42. The molecule has 9 heteroatoms. The monoisotopic (exact) mass is 479 g/mol. The van der Waals surface area contributed by atoms with Crippen molar-refractivity contribution in [3.63, 3.8) is 0 Å². The molecular weight excluding hydrogens is 447 g/mol. The van der Waals surface area contributed by atoms with Crippen LogP contribution in [0.1, 0.15) is 86.0 Å². The summed E-state index contributed by atoms with van der Waals surface area (Å²) in [6.45, 7) is 1.62. The highest BCUT2D eigenvalue weighted by molar-refractivity contribution is 5.97. The number of aromatic nitrogens is 2. The van der Waals surface area contributed by atoms with Gasteiger partial charge in [-0.05, 0) is 87.8 Å². The van der Waals surface area contributed by atoms with Gasteiger partial charge in [-0.15, -0.1) is 0 Å². The molecule has 2 aromatic rings. The third-order valence-electron chi connectivity index (χ3n) is 7.09. The van der Waals surface area contributed by atoms with E-state index in [4.69, 9.17) is 0 Å². The Bertz CT molecular complexity index is 1070. The number of benzene rings is 1. The first-order valence-corrected chi connectivity index (χ1v) is 12.1. The molecular formula is C25H32F3N3O3. The van der Waals surface area contributed by atoms with Gasteiger partial charge >= 0.3 is 6.18 Å². The van der Waals surface area contributed by atoms with Gasteiger partial charge in [0.25, 0.3) is 5.91 Å². The molecule has 2 aliphatic carbocycles. The lowest BCUT2D eigenvalue weighted by atomic mass is 9.84. The normalized spacial score (nSPS) is 21.1. The van der Waals surface area contributed by atoms with E-state index in [1.165, 1.54) is 29.5 Å². The fourth-order valence-electron chi connectivity index (χ4n) is 5.10. The molecule has 0 radical (unpaired) electrons. The zero-order valence-electron chi connectivity index (χ0n) is 19.7. The van der Waals surface area contributed by atoms with Crippen molar-refractivity contribution in [1.29, 1.82) is 0 Å². The standard InChI is InChI=1S/C25H32F3N3O3/c1-15(32)14-31(11-3-4-16-5-9-19(33)10-6-16)24(34)23-29-21-13-18(17-7-8-17)12-20(25(26,27)28)22(21)30(23)2/h12-13,16-17,19,33H,3-11,14H2,1-2H3. The summed E-state index contributed by atoms with van der Waals surface area (Å²) < 4.78 is 42.8. The molecule has 34 heavy (non-hydrogen) atoms. The van der Waals surface area contributed by atoms with E-state index in [9.17, 15) is 27.9 Å². The van der Waals surface area contributed by atoms with Crippen molar-refractivity contribution in [3.05, 3.63) is 29.1 Å². The van der Waals surface area contributed by atoms with Crippen LogP contribution in [0.4, 0.5) is 13.2 Å². The Hall–Kier alpha value is -2.42. The predicted octanol–water partition coefficient (Wildman–Crippen LogP) is 4.83. The number of aliphatic hydroxyl groups excluding tert-OH is 1. The molecule has 6 nitrogen and oxygen atoms in total. The molecule has 186 valence electrons. The molecule has 1 heterocycles. The average molecular weight is 480 g/mol. The number of carbonyl (C=O) groups is 2. The van der Waals surface area contributed by atoms with E-state index in [0.29, 0.717) is 24.4 Å². The quantitative estimate of drug-likeness (QED) is 0.588. The first kappa shape index (κ1) is 24.7.